The highest BCUT2D eigenvalue weighted by atomic mass is 16.3. The summed E-state index contributed by atoms with van der Waals surface area (Å²) in [5.74, 6) is 0. The van der Waals surface area contributed by atoms with Gasteiger partial charge in [0, 0.05) is 33.0 Å². The molecule has 0 saturated heterocycles. The van der Waals surface area contributed by atoms with Crippen LogP contribution in [0.15, 0.2) is 106 Å². The molecule has 0 N–H and O–H groups in total. The molecule has 6 aromatic rings. The Bertz CT molecular complexity index is 2060. The predicted molar refractivity (Wildman–Crippen MR) is 177 cm³/mol. The molecule has 2 aliphatic heterocycles. The SMILES string of the molecule is CC(C)(C)c1ccc(-c2cc3cccc4oc5c(-c6ccc(C(C)(C)C)cc6)cc6cccc7oc2c(c34)-c5c67)cc1. The van der Waals surface area contributed by atoms with Crippen molar-refractivity contribution in [3.8, 4) is 33.4 Å². The van der Waals surface area contributed by atoms with Gasteiger partial charge in [0.25, 0.3) is 0 Å². The Morgan fingerprint density at radius 2 is 0.833 bits per heavy atom. The van der Waals surface area contributed by atoms with Crippen LogP contribution in [0, 0.1) is 0 Å². The Morgan fingerprint density at radius 3 is 1.19 bits per heavy atom. The molecule has 206 valence electrons. The first-order valence-corrected chi connectivity index (χ1v) is 14.9. The number of benzene rings is 6. The fraction of sp³-hybridized carbons (Fsp3) is 0.200. The summed E-state index contributed by atoms with van der Waals surface area (Å²) in [4.78, 5) is 0. The maximum Gasteiger partial charge on any atom is 0.144 e. The van der Waals surface area contributed by atoms with E-state index in [0.29, 0.717) is 0 Å². The van der Waals surface area contributed by atoms with Crippen molar-refractivity contribution in [2.75, 3.05) is 0 Å². The highest BCUT2D eigenvalue weighted by Gasteiger charge is 2.29. The van der Waals surface area contributed by atoms with E-state index < -0.39 is 0 Å². The van der Waals surface area contributed by atoms with E-state index in [1.165, 1.54) is 11.1 Å². The van der Waals surface area contributed by atoms with Crippen molar-refractivity contribution >= 4 is 43.9 Å². The summed E-state index contributed by atoms with van der Waals surface area (Å²) in [5.41, 5.74) is 13.2. The van der Waals surface area contributed by atoms with E-state index in [1.54, 1.807) is 0 Å². The minimum atomic E-state index is 0.0931. The molecule has 0 saturated carbocycles. The molecule has 0 atom stereocenters. The van der Waals surface area contributed by atoms with E-state index in [9.17, 15) is 0 Å². The Morgan fingerprint density at radius 1 is 0.452 bits per heavy atom. The van der Waals surface area contributed by atoms with Gasteiger partial charge in [0.15, 0.2) is 0 Å². The number of hydrogen-bond acceptors (Lipinski definition) is 2. The lowest BCUT2D eigenvalue weighted by Crippen LogP contribution is -2.10. The first-order valence-electron chi connectivity index (χ1n) is 14.9. The molecule has 0 spiro atoms. The lowest BCUT2D eigenvalue weighted by molar-refractivity contribution is 0.590. The fourth-order valence-electron chi connectivity index (χ4n) is 6.62. The zero-order valence-corrected chi connectivity index (χ0v) is 25.1. The Labute approximate surface area is 246 Å². The van der Waals surface area contributed by atoms with Crippen LogP contribution in [-0.2, 0) is 10.8 Å². The van der Waals surface area contributed by atoms with Gasteiger partial charge in [-0.15, -0.1) is 0 Å². The normalized spacial score (nSPS) is 13.0. The second kappa shape index (κ2) is 8.49. The minimum Gasteiger partial charge on any atom is -0.455 e. The van der Waals surface area contributed by atoms with E-state index in [4.69, 9.17) is 8.83 Å². The van der Waals surface area contributed by atoms with Gasteiger partial charge < -0.3 is 8.83 Å². The highest BCUT2D eigenvalue weighted by molar-refractivity contribution is 6.27. The molecule has 0 aliphatic carbocycles. The lowest BCUT2D eigenvalue weighted by Gasteiger charge is -2.24. The monoisotopic (exact) mass is 546 g/mol. The Hall–Kier alpha value is -4.56. The summed E-state index contributed by atoms with van der Waals surface area (Å²) in [5, 5.41) is 4.54. The molecule has 2 heteroatoms. The van der Waals surface area contributed by atoms with Crippen molar-refractivity contribution in [3.05, 3.63) is 108 Å². The topological polar surface area (TPSA) is 26.3 Å². The summed E-state index contributed by atoms with van der Waals surface area (Å²) in [6, 6.07) is 35.2. The second-order valence-electron chi connectivity index (χ2n) is 13.8. The fourth-order valence-corrected chi connectivity index (χ4v) is 6.62. The molecule has 0 fully saturated rings. The van der Waals surface area contributed by atoms with Crippen molar-refractivity contribution in [1.29, 1.82) is 0 Å². The van der Waals surface area contributed by atoms with Crippen LogP contribution in [0.25, 0.3) is 77.3 Å². The summed E-state index contributed by atoms with van der Waals surface area (Å²) in [6.07, 6.45) is 0. The van der Waals surface area contributed by atoms with Crippen LogP contribution < -0.4 is 0 Å². The number of rotatable bonds is 2. The third kappa shape index (κ3) is 3.64. The molecule has 2 aliphatic rings. The largest absolute Gasteiger partial charge is 0.455 e. The van der Waals surface area contributed by atoms with Gasteiger partial charge in [-0.05, 0) is 68.1 Å². The van der Waals surface area contributed by atoms with Crippen molar-refractivity contribution in [1.82, 2.24) is 0 Å². The van der Waals surface area contributed by atoms with Gasteiger partial charge >= 0.3 is 0 Å². The molecule has 0 aromatic heterocycles. The van der Waals surface area contributed by atoms with Crippen LogP contribution in [0.5, 0.6) is 0 Å². The Balaban J connectivity index is 1.49. The maximum absolute atomic E-state index is 6.87. The lowest BCUT2D eigenvalue weighted by atomic mass is 9.83. The zero-order chi connectivity index (χ0) is 29.0. The van der Waals surface area contributed by atoms with Crippen molar-refractivity contribution < 1.29 is 8.83 Å². The molecule has 0 bridgehead atoms. The van der Waals surface area contributed by atoms with E-state index in [0.717, 1.165) is 77.3 Å². The summed E-state index contributed by atoms with van der Waals surface area (Å²) >= 11 is 0. The third-order valence-corrected chi connectivity index (χ3v) is 8.96. The molecule has 42 heavy (non-hydrogen) atoms. The van der Waals surface area contributed by atoms with Crippen molar-refractivity contribution in [3.63, 3.8) is 0 Å². The zero-order valence-electron chi connectivity index (χ0n) is 25.1. The highest BCUT2D eigenvalue weighted by Crippen LogP contribution is 2.52. The maximum atomic E-state index is 6.87. The van der Waals surface area contributed by atoms with Crippen LogP contribution in [0.2, 0.25) is 0 Å². The van der Waals surface area contributed by atoms with Gasteiger partial charge in [0.1, 0.15) is 22.3 Å². The van der Waals surface area contributed by atoms with Crippen LogP contribution in [0.1, 0.15) is 52.7 Å². The van der Waals surface area contributed by atoms with E-state index in [2.05, 4.69) is 139 Å². The van der Waals surface area contributed by atoms with Gasteiger partial charge in [0.2, 0.25) is 0 Å². The molecule has 0 amide bonds. The molecule has 6 aromatic carbocycles. The van der Waals surface area contributed by atoms with Crippen LogP contribution in [0.3, 0.4) is 0 Å². The first-order chi connectivity index (χ1) is 20.1. The molecule has 2 heterocycles. The molecular weight excluding hydrogens is 512 g/mol. The van der Waals surface area contributed by atoms with Crippen LogP contribution in [-0.4, -0.2) is 0 Å². The van der Waals surface area contributed by atoms with Gasteiger partial charge in [-0.3, -0.25) is 0 Å². The van der Waals surface area contributed by atoms with Crippen molar-refractivity contribution in [2.45, 2.75) is 52.4 Å². The quantitative estimate of drug-likeness (QED) is 0.159. The van der Waals surface area contributed by atoms with Gasteiger partial charge in [0.05, 0.1) is 0 Å². The first kappa shape index (κ1) is 25.2. The molecule has 0 unspecified atom stereocenters. The van der Waals surface area contributed by atoms with E-state index in [1.807, 2.05) is 0 Å². The molecule has 0 radical (unpaired) electrons. The summed E-state index contributed by atoms with van der Waals surface area (Å²) < 4.78 is 13.7. The van der Waals surface area contributed by atoms with E-state index >= 15 is 0 Å². The third-order valence-electron chi connectivity index (χ3n) is 8.96. The second-order valence-corrected chi connectivity index (χ2v) is 13.8. The van der Waals surface area contributed by atoms with Gasteiger partial charge in [-0.1, -0.05) is 114 Å². The average molecular weight is 547 g/mol. The summed E-state index contributed by atoms with van der Waals surface area (Å²) in [7, 11) is 0. The standard InChI is InChI=1S/C40H34O2/c1-39(2,3)27-17-13-23(14-18-27)29-21-25-9-7-12-32-33(25)35-36-34-26(10-8-11-31(34)41-37(29)35)22-30(38(36)42-32)24-15-19-28(20-16-24)40(4,5)6/h7-22H,1-6H3. The molecule has 8 rings (SSSR count). The minimum absolute atomic E-state index is 0.0931. The van der Waals surface area contributed by atoms with Crippen LogP contribution in [0.4, 0.5) is 0 Å². The Kier molecular flexibility index (Phi) is 5.09. The van der Waals surface area contributed by atoms with E-state index in [-0.39, 0.29) is 10.8 Å². The predicted octanol–water partition coefficient (Wildman–Crippen LogP) is 12.0. The molecular formula is C40H34O2. The summed E-state index contributed by atoms with van der Waals surface area (Å²) in [6.45, 7) is 13.5. The van der Waals surface area contributed by atoms with Gasteiger partial charge in [-0.2, -0.15) is 0 Å². The smallest absolute Gasteiger partial charge is 0.144 e. The molecule has 2 nitrogen and oxygen atoms in total. The van der Waals surface area contributed by atoms with Gasteiger partial charge in [-0.25, -0.2) is 0 Å². The average Bonchev–Trinajstić information content (AvgIpc) is 2.97. The van der Waals surface area contributed by atoms with Crippen molar-refractivity contribution in [2.24, 2.45) is 0 Å². The van der Waals surface area contributed by atoms with Crippen LogP contribution >= 0.6 is 0 Å². The number of hydrogen-bond donors (Lipinski definition) is 0.